The molecule has 0 unspecified atom stereocenters. The lowest BCUT2D eigenvalue weighted by Gasteiger charge is -2.36. The third-order valence-corrected chi connectivity index (χ3v) is 6.77. The molecule has 0 aromatic heterocycles. The van der Waals surface area contributed by atoms with Crippen LogP contribution >= 0.6 is 11.6 Å². The zero-order chi connectivity index (χ0) is 24.7. The molecule has 2 aliphatic heterocycles. The Morgan fingerprint density at radius 2 is 1.80 bits per heavy atom. The van der Waals surface area contributed by atoms with Crippen LogP contribution in [-0.2, 0) is 6.54 Å². The Hall–Kier alpha value is -3.42. The number of fused-ring (bicyclic) bond motifs is 1. The summed E-state index contributed by atoms with van der Waals surface area (Å²) in [4.78, 5) is 17.5. The first kappa shape index (κ1) is 23.3. The van der Waals surface area contributed by atoms with E-state index in [0.29, 0.717) is 42.1 Å². The minimum Gasteiger partial charge on any atom is -0.507 e. The van der Waals surface area contributed by atoms with E-state index in [9.17, 15) is 18.7 Å². The van der Waals surface area contributed by atoms with Crippen molar-refractivity contribution in [1.82, 2.24) is 4.90 Å². The number of nitrogens with zero attached hydrogens (tertiary/aromatic N) is 2. The van der Waals surface area contributed by atoms with E-state index in [0.717, 1.165) is 18.8 Å². The summed E-state index contributed by atoms with van der Waals surface area (Å²) in [6.45, 7) is 4.99. The molecule has 0 saturated carbocycles. The van der Waals surface area contributed by atoms with Gasteiger partial charge in [-0.15, -0.1) is 0 Å². The Kier molecular flexibility index (Phi) is 6.21. The van der Waals surface area contributed by atoms with Crippen LogP contribution in [0.1, 0.15) is 27.0 Å². The smallest absolute Gasteiger partial charge is 0.232 e. The number of rotatable bonds is 4. The standard InChI is InChI=1S/C27H23ClF2N2O3/c1-16-13-23(33)20(15-31-9-11-32(12-10-31)18-7-5-17(29)6-8-18)27-25(16)26(34)24(35-27)14-19-21(28)3-2-4-22(19)30/h2-8,13-14,33H,9-12,15H2,1H3/b24-14-. The molecule has 1 fully saturated rings. The van der Waals surface area contributed by atoms with Crippen molar-refractivity contribution in [1.29, 1.82) is 0 Å². The van der Waals surface area contributed by atoms with E-state index in [-0.39, 0.29) is 33.7 Å². The number of aromatic hydroxyl groups is 1. The second kappa shape index (κ2) is 9.32. The van der Waals surface area contributed by atoms with Gasteiger partial charge in [0.05, 0.1) is 16.1 Å². The molecule has 5 rings (SSSR count). The number of ether oxygens (including phenoxy) is 1. The van der Waals surface area contributed by atoms with Crippen LogP contribution in [0.3, 0.4) is 0 Å². The van der Waals surface area contributed by atoms with Crippen molar-refractivity contribution in [2.24, 2.45) is 0 Å². The molecule has 2 aliphatic rings. The monoisotopic (exact) mass is 496 g/mol. The zero-order valence-electron chi connectivity index (χ0n) is 19.0. The number of aryl methyl sites for hydroxylation is 1. The van der Waals surface area contributed by atoms with Crippen LogP contribution in [0.2, 0.25) is 5.02 Å². The van der Waals surface area contributed by atoms with Crippen LogP contribution in [0.5, 0.6) is 11.5 Å². The minimum absolute atomic E-state index is 0.0388. The number of hydrogen-bond acceptors (Lipinski definition) is 5. The highest BCUT2D eigenvalue weighted by Crippen LogP contribution is 2.42. The van der Waals surface area contributed by atoms with E-state index in [1.165, 1.54) is 36.4 Å². The number of piperazine rings is 1. The van der Waals surface area contributed by atoms with Gasteiger partial charge in [0.1, 0.15) is 23.1 Å². The van der Waals surface area contributed by atoms with Gasteiger partial charge >= 0.3 is 0 Å². The molecule has 3 aromatic carbocycles. The molecule has 5 nitrogen and oxygen atoms in total. The van der Waals surface area contributed by atoms with Crippen LogP contribution in [-0.4, -0.2) is 42.0 Å². The maximum atomic E-state index is 14.3. The van der Waals surface area contributed by atoms with Crippen molar-refractivity contribution in [3.05, 3.63) is 93.2 Å². The van der Waals surface area contributed by atoms with Crippen molar-refractivity contribution < 1.29 is 23.4 Å². The summed E-state index contributed by atoms with van der Waals surface area (Å²) in [5.41, 5.74) is 2.49. The zero-order valence-corrected chi connectivity index (χ0v) is 19.8. The van der Waals surface area contributed by atoms with Crippen LogP contribution in [0.4, 0.5) is 14.5 Å². The topological polar surface area (TPSA) is 53.0 Å². The van der Waals surface area contributed by atoms with E-state index >= 15 is 0 Å². The number of phenolic OH excluding ortho intramolecular Hbond substituents is 1. The van der Waals surface area contributed by atoms with Crippen LogP contribution in [0.25, 0.3) is 6.08 Å². The van der Waals surface area contributed by atoms with Gasteiger partial charge in [-0.25, -0.2) is 8.78 Å². The Labute approximate surface area is 206 Å². The number of allylic oxidation sites excluding steroid dienone is 1. The van der Waals surface area contributed by atoms with Gasteiger partial charge in [-0.2, -0.15) is 0 Å². The number of phenols is 1. The fourth-order valence-electron chi connectivity index (χ4n) is 4.55. The number of anilines is 1. The van der Waals surface area contributed by atoms with Crippen LogP contribution < -0.4 is 9.64 Å². The highest BCUT2D eigenvalue weighted by atomic mass is 35.5. The molecule has 3 aromatic rings. The summed E-state index contributed by atoms with van der Waals surface area (Å²) < 4.78 is 33.5. The average Bonchev–Trinajstić information content (AvgIpc) is 3.16. The second-order valence-corrected chi connectivity index (χ2v) is 9.12. The number of carbonyl (C=O) groups excluding carboxylic acids is 1. The molecule has 0 radical (unpaired) electrons. The number of halogens is 3. The summed E-state index contributed by atoms with van der Waals surface area (Å²) >= 11 is 6.13. The first-order chi connectivity index (χ1) is 16.8. The summed E-state index contributed by atoms with van der Waals surface area (Å²) in [5.74, 6) is -0.901. The van der Waals surface area contributed by atoms with E-state index in [1.807, 2.05) is 0 Å². The molecule has 0 amide bonds. The lowest BCUT2D eigenvalue weighted by molar-refractivity contribution is 0.101. The number of carbonyl (C=O) groups is 1. The molecular weight excluding hydrogens is 474 g/mol. The van der Waals surface area contributed by atoms with E-state index < -0.39 is 5.82 Å². The second-order valence-electron chi connectivity index (χ2n) is 8.71. The quantitative estimate of drug-likeness (QED) is 0.478. The van der Waals surface area contributed by atoms with E-state index in [2.05, 4.69) is 9.80 Å². The summed E-state index contributed by atoms with van der Waals surface area (Å²) in [6, 6.07) is 12.3. The van der Waals surface area contributed by atoms with Crippen molar-refractivity contribution >= 4 is 29.1 Å². The SMILES string of the molecule is Cc1cc(O)c(CN2CCN(c3ccc(F)cc3)CC2)c2c1C(=O)/C(=C/c1c(F)cccc1Cl)O2. The molecule has 1 N–H and O–H groups in total. The molecule has 2 heterocycles. The number of hydrogen-bond donors (Lipinski definition) is 1. The Morgan fingerprint density at radius 3 is 2.49 bits per heavy atom. The lowest BCUT2D eigenvalue weighted by atomic mass is 9.99. The largest absolute Gasteiger partial charge is 0.507 e. The maximum Gasteiger partial charge on any atom is 0.232 e. The molecule has 1 saturated heterocycles. The molecule has 8 heteroatoms. The highest BCUT2D eigenvalue weighted by Gasteiger charge is 2.34. The molecule has 0 atom stereocenters. The van der Waals surface area contributed by atoms with Gasteiger partial charge in [0.2, 0.25) is 5.78 Å². The van der Waals surface area contributed by atoms with Crippen LogP contribution in [0.15, 0.2) is 54.3 Å². The highest BCUT2D eigenvalue weighted by molar-refractivity contribution is 6.32. The van der Waals surface area contributed by atoms with E-state index in [4.69, 9.17) is 16.3 Å². The molecule has 180 valence electrons. The van der Waals surface area contributed by atoms with Gasteiger partial charge in [-0.1, -0.05) is 17.7 Å². The Morgan fingerprint density at radius 1 is 1.09 bits per heavy atom. The fourth-order valence-corrected chi connectivity index (χ4v) is 4.77. The third kappa shape index (κ3) is 4.49. The summed E-state index contributed by atoms with van der Waals surface area (Å²) in [5, 5.41) is 10.9. The van der Waals surface area contributed by atoms with Crippen LogP contribution in [0, 0.1) is 18.6 Å². The van der Waals surface area contributed by atoms with Crippen molar-refractivity contribution in [3.8, 4) is 11.5 Å². The first-order valence-corrected chi connectivity index (χ1v) is 11.7. The van der Waals surface area contributed by atoms with E-state index in [1.54, 1.807) is 25.1 Å². The number of ketones is 1. The van der Waals surface area contributed by atoms with Crippen molar-refractivity contribution in [2.75, 3.05) is 31.1 Å². The predicted molar refractivity (Wildman–Crippen MR) is 131 cm³/mol. The van der Waals surface area contributed by atoms with Gasteiger partial charge in [0.25, 0.3) is 0 Å². The fraction of sp³-hybridized carbons (Fsp3) is 0.222. The molecule has 0 bridgehead atoms. The molecular formula is C27H23ClF2N2O3. The van der Waals surface area contributed by atoms with Gasteiger partial charge in [-0.3, -0.25) is 9.69 Å². The Balaban J connectivity index is 1.38. The van der Waals surface area contributed by atoms with Crippen molar-refractivity contribution in [2.45, 2.75) is 13.5 Å². The normalized spacial score (nSPS) is 17.1. The third-order valence-electron chi connectivity index (χ3n) is 6.44. The average molecular weight is 497 g/mol. The summed E-state index contributed by atoms with van der Waals surface area (Å²) in [7, 11) is 0. The van der Waals surface area contributed by atoms with Gasteiger partial charge in [-0.05, 0) is 61.0 Å². The Bertz CT molecular complexity index is 1310. The molecule has 0 spiro atoms. The number of benzene rings is 3. The predicted octanol–water partition coefficient (Wildman–Crippen LogP) is 5.57. The van der Waals surface area contributed by atoms with Gasteiger partial charge < -0.3 is 14.7 Å². The minimum atomic E-state index is -0.559. The van der Waals surface area contributed by atoms with Gasteiger partial charge in [0.15, 0.2) is 5.76 Å². The summed E-state index contributed by atoms with van der Waals surface area (Å²) in [6.07, 6.45) is 1.31. The van der Waals surface area contributed by atoms with Gasteiger partial charge in [0, 0.05) is 44.0 Å². The maximum absolute atomic E-state index is 14.3. The van der Waals surface area contributed by atoms with Crippen molar-refractivity contribution in [3.63, 3.8) is 0 Å². The lowest BCUT2D eigenvalue weighted by Crippen LogP contribution is -2.46. The molecule has 35 heavy (non-hydrogen) atoms. The number of Topliss-reactive ketones (excluding diaryl/α,β-unsaturated/α-hetero) is 1. The first-order valence-electron chi connectivity index (χ1n) is 11.3. The molecule has 0 aliphatic carbocycles.